The van der Waals surface area contributed by atoms with Crippen molar-refractivity contribution in [2.45, 2.75) is 51.1 Å². The number of piperazine rings is 1. The molecule has 2 amide bonds. The summed E-state index contributed by atoms with van der Waals surface area (Å²) in [6.07, 6.45) is 2.27. The molecule has 0 aromatic heterocycles. The maximum Gasteiger partial charge on any atom is 0.249 e. The van der Waals surface area contributed by atoms with Crippen LogP contribution in [0.4, 0.5) is 20.2 Å². The van der Waals surface area contributed by atoms with Gasteiger partial charge in [0.1, 0.15) is 11.7 Å². The van der Waals surface area contributed by atoms with Crippen molar-refractivity contribution in [3.8, 4) is 0 Å². The van der Waals surface area contributed by atoms with Gasteiger partial charge in [0.05, 0.1) is 0 Å². The lowest BCUT2D eigenvalue weighted by atomic mass is 9.78. The van der Waals surface area contributed by atoms with Crippen LogP contribution in [0.3, 0.4) is 0 Å². The number of hydrogen-bond acceptors (Lipinski definition) is 6. The molecule has 9 heteroatoms. The molecule has 0 spiro atoms. The average Bonchev–Trinajstić information content (AvgIpc) is 2.76. The molecule has 1 unspecified atom stereocenters. The molecular formula is C24H35F2N5O2. The molecule has 0 bridgehead atoms. The third-order valence-electron chi connectivity index (χ3n) is 7.73. The summed E-state index contributed by atoms with van der Waals surface area (Å²) < 4.78 is 30.0. The van der Waals surface area contributed by atoms with Crippen LogP contribution in [-0.2, 0) is 9.59 Å². The molecule has 7 nitrogen and oxygen atoms in total. The standard InChI is InChI=1S/C24H35F2N5O2/c1-24(2,31-12-10-29(3)11-13-31)16-6-8-30(9-7-16)22-18(25)14-17(15-19(22)26)27-20-4-5-21(32)28-23(20)33/h14-16,20,27H,4-13H2,1-3H3,(H,28,32,33). The number of rotatable bonds is 5. The fourth-order valence-corrected chi connectivity index (χ4v) is 5.43. The zero-order valence-corrected chi connectivity index (χ0v) is 19.8. The summed E-state index contributed by atoms with van der Waals surface area (Å²) in [7, 11) is 2.15. The van der Waals surface area contributed by atoms with Gasteiger partial charge in [-0.25, -0.2) is 8.78 Å². The number of amides is 2. The van der Waals surface area contributed by atoms with Crippen molar-refractivity contribution in [1.29, 1.82) is 0 Å². The number of piperidine rings is 2. The van der Waals surface area contributed by atoms with Gasteiger partial charge in [-0.1, -0.05) is 0 Å². The van der Waals surface area contributed by atoms with Crippen molar-refractivity contribution in [2.24, 2.45) is 5.92 Å². The van der Waals surface area contributed by atoms with E-state index >= 15 is 0 Å². The Hall–Kier alpha value is -2.26. The molecule has 1 atom stereocenters. The molecule has 3 aliphatic heterocycles. The van der Waals surface area contributed by atoms with Gasteiger partial charge in [-0.2, -0.15) is 0 Å². The summed E-state index contributed by atoms with van der Waals surface area (Å²) in [5, 5.41) is 5.10. The van der Waals surface area contributed by atoms with Gasteiger partial charge in [-0.05, 0) is 58.2 Å². The highest BCUT2D eigenvalue weighted by Crippen LogP contribution is 2.37. The van der Waals surface area contributed by atoms with Gasteiger partial charge in [-0.3, -0.25) is 19.8 Å². The molecule has 0 radical (unpaired) electrons. The van der Waals surface area contributed by atoms with Crippen LogP contribution >= 0.6 is 0 Å². The highest BCUT2D eigenvalue weighted by molar-refractivity contribution is 6.01. The predicted octanol–water partition coefficient (Wildman–Crippen LogP) is 2.42. The van der Waals surface area contributed by atoms with Crippen LogP contribution in [0.5, 0.6) is 0 Å². The molecule has 3 aliphatic rings. The molecule has 1 aromatic carbocycles. The first-order valence-electron chi connectivity index (χ1n) is 11.9. The van der Waals surface area contributed by atoms with Crippen LogP contribution in [-0.4, -0.2) is 79.5 Å². The summed E-state index contributed by atoms with van der Waals surface area (Å²) in [4.78, 5) is 29.9. The van der Waals surface area contributed by atoms with Crippen LogP contribution in [0, 0.1) is 17.6 Å². The molecule has 1 aromatic rings. The maximum absolute atomic E-state index is 15.0. The summed E-state index contributed by atoms with van der Waals surface area (Å²) in [5.74, 6) is -1.61. The maximum atomic E-state index is 15.0. The summed E-state index contributed by atoms with van der Waals surface area (Å²) in [6, 6.07) is 1.80. The molecule has 3 saturated heterocycles. The summed E-state index contributed by atoms with van der Waals surface area (Å²) in [5.41, 5.74) is 0.259. The Morgan fingerprint density at radius 1 is 0.970 bits per heavy atom. The number of nitrogens with zero attached hydrogens (tertiary/aromatic N) is 3. The summed E-state index contributed by atoms with van der Waals surface area (Å²) in [6.45, 7) is 10.1. The largest absolute Gasteiger partial charge is 0.373 e. The van der Waals surface area contributed by atoms with E-state index in [9.17, 15) is 18.4 Å². The van der Waals surface area contributed by atoms with Gasteiger partial charge in [0.2, 0.25) is 11.8 Å². The Morgan fingerprint density at radius 3 is 2.15 bits per heavy atom. The third-order valence-corrected chi connectivity index (χ3v) is 7.73. The fourth-order valence-electron chi connectivity index (χ4n) is 5.43. The number of halogens is 2. The fraction of sp³-hybridized carbons (Fsp3) is 0.667. The van der Waals surface area contributed by atoms with Crippen LogP contribution < -0.4 is 15.5 Å². The quantitative estimate of drug-likeness (QED) is 0.654. The van der Waals surface area contributed by atoms with E-state index in [1.807, 2.05) is 0 Å². The van der Waals surface area contributed by atoms with Crippen molar-refractivity contribution in [3.63, 3.8) is 0 Å². The zero-order valence-electron chi connectivity index (χ0n) is 19.8. The minimum absolute atomic E-state index is 0.000299. The molecule has 33 heavy (non-hydrogen) atoms. The molecule has 0 aliphatic carbocycles. The first kappa shape index (κ1) is 23.9. The highest BCUT2D eigenvalue weighted by Gasteiger charge is 2.39. The Morgan fingerprint density at radius 2 is 1.58 bits per heavy atom. The highest BCUT2D eigenvalue weighted by atomic mass is 19.1. The smallest absolute Gasteiger partial charge is 0.249 e. The molecule has 182 valence electrons. The van der Waals surface area contributed by atoms with E-state index in [1.54, 1.807) is 4.90 Å². The Labute approximate surface area is 194 Å². The second kappa shape index (κ2) is 9.54. The molecule has 3 heterocycles. The number of benzene rings is 1. The van der Waals surface area contributed by atoms with Crippen molar-refractivity contribution >= 4 is 23.2 Å². The van der Waals surface area contributed by atoms with E-state index < -0.39 is 23.6 Å². The summed E-state index contributed by atoms with van der Waals surface area (Å²) >= 11 is 0. The van der Waals surface area contributed by atoms with Gasteiger partial charge >= 0.3 is 0 Å². The van der Waals surface area contributed by atoms with Crippen molar-refractivity contribution in [3.05, 3.63) is 23.8 Å². The number of imide groups is 1. The number of anilines is 2. The number of nitrogens with one attached hydrogen (secondary N) is 2. The van der Waals surface area contributed by atoms with Gasteiger partial charge < -0.3 is 15.1 Å². The number of carbonyl (C=O) groups is 2. The first-order valence-corrected chi connectivity index (χ1v) is 11.9. The van der Waals surface area contributed by atoms with Crippen LogP contribution in [0.1, 0.15) is 39.5 Å². The zero-order chi connectivity index (χ0) is 23.8. The Kier molecular flexibility index (Phi) is 6.91. The van der Waals surface area contributed by atoms with Crippen LogP contribution in [0.15, 0.2) is 12.1 Å². The van der Waals surface area contributed by atoms with Gasteiger partial charge in [0.25, 0.3) is 0 Å². The second-order valence-electron chi connectivity index (χ2n) is 10.1. The average molecular weight is 464 g/mol. The number of carbonyl (C=O) groups excluding carboxylic acids is 2. The van der Waals surface area contributed by atoms with E-state index in [4.69, 9.17) is 0 Å². The van der Waals surface area contributed by atoms with E-state index in [-0.39, 0.29) is 29.2 Å². The van der Waals surface area contributed by atoms with Gasteiger partial charge in [-0.15, -0.1) is 0 Å². The Balaban J connectivity index is 1.39. The van der Waals surface area contributed by atoms with Gasteiger partial charge in [0, 0.05) is 56.9 Å². The van der Waals surface area contributed by atoms with Gasteiger partial charge in [0.15, 0.2) is 11.6 Å². The third kappa shape index (κ3) is 5.14. The lowest BCUT2D eigenvalue weighted by molar-refractivity contribution is -0.133. The normalized spacial score (nSPS) is 24.2. The topological polar surface area (TPSA) is 67.9 Å². The van der Waals surface area contributed by atoms with Crippen molar-refractivity contribution in [1.82, 2.24) is 15.1 Å². The van der Waals surface area contributed by atoms with E-state index in [0.717, 1.165) is 39.0 Å². The minimum Gasteiger partial charge on any atom is -0.373 e. The lowest BCUT2D eigenvalue weighted by Crippen LogP contribution is -2.58. The van der Waals surface area contributed by atoms with E-state index in [2.05, 4.69) is 41.3 Å². The first-order chi connectivity index (χ1) is 15.6. The van der Waals surface area contributed by atoms with E-state index in [1.165, 1.54) is 12.1 Å². The van der Waals surface area contributed by atoms with Crippen LogP contribution in [0.25, 0.3) is 0 Å². The second-order valence-corrected chi connectivity index (χ2v) is 10.1. The molecule has 4 rings (SSSR count). The number of hydrogen-bond donors (Lipinski definition) is 2. The lowest BCUT2D eigenvalue weighted by Gasteiger charge is -2.50. The van der Waals surface area contributed by atoms with Crippen molar-refractivity contribution in [2.75, 3.05) is 56.5 Å². The minimum atomic E-state index is -0.681. The van der Waals surface area contributed by atoms with Crippen molar-refractivity contribution < 1.29 is 18.4 Å². The SMILES string of the molecule is CN1CCN(C(C)(C)C2CCN(c3c(F)cc(NC4CCC(=O)NC4=O)cc3F)CC2)CC1. The van der Waals surface area contributed by atoms with E-state index in [0.29, 0.717) is 25.4 Å². The molecule has 3 fully saturated rings. The Bertz CT molecular complexity index is 870. The molecule has 0 saturated carbocycles. The molecule has 2 N–H and O–H groups in total. The number of likely N-dealkylation sites (N-methyl/N-ethyl adjacent to an activating group) is 1. The molecular weight excluding hydrogens is 428 g/mol. The monoisotopic (exact) mass is 463 g/mol. The van der Waals surface area contributed by atoms with Crippen LogP contribution in [0.2, 0.25) is 0 Å². The predicted molar refractivity (Wildman–Crippen MR) is 124 cm³/mol.